The van der Waals surface area contributed by atoms with Gasteiger partial charge in [0.15, 0.2) is 0 Å². The molecule has 0 bridgehead atoms. The molecule has 0 unspecified atom stereocenters. The van der Waals surface area contributed by atoms with Crippen molar-refractivity contribution in [3.63, 3.8) is 0 Å². The highest BCUT2D eigenvalue weighted by atomic mass is 19.1. The van der Waals surface area contributed by atoms with Crippen molar-refractivity contribution in [1.82, 2.24) is 0 Å². The molecule has 0 aliphatic heterocycles. The van der Waals surface area contributed by atoms with E-state index >= 15 is 0 Å². The molecule has 2 heteroatoms. The minimum atomic E-state index is -0.236. The van der Waals surface area contributed by atoms with E-state index in [9.17, 15) is 9.18 Å². The normalized spacial score (nSPS) is 7.83. The first kappa shape index (κ1) is 34.5. The Kier molecular flexibility index (Phi) is 36.6. The van der Waals surface area contributed by atoms with E-state index in [4.69, 9.17) is 0 Å². The molecule has 2 aromatic rings. The lowest BCUT2D eigenvalue weighted by Gasteiger charge is -1.95. The monoisotopic (exact) mass is 406 g/mol. The van der Waals surface area contributed by atoms with Crippen molar-refractivity contribution in [3.05, 3.63) is 71.0 Å². The van der Waals surface area contributed by atoms with Gasteiger partial charge in [-0.2, -0.15) is 0 Å². The Morgan fingerprint density at radius 2 is 1.10 bits per heavy atom. The molecule has 0 saturated carbocycles. The van der Waals surface area contributed by atoms with Crippen LogP contribution in [0.5, 0.6) is 0 Å². The van der Waals surface area contributed by atoms with Crippen molar-refractivity contribution < 1.29 is 9.18 Å². The summed E-state index contributed by atoms with van der Waals surface area (Å²) in [6, 6.07) is 14.8. The Bertz CT molecular complexity index is 515. The fraction of sp³-hybridized carbons (Fsp3) is 0.519. The molecule has 1 nitrogen and oxygen atoms in total. The average molecular weight is 407 g/mol. The van der Waals surface area contributed by atoms with Gasteiger partial charge in [-0.1, -0.05) is 111 Å². The molecule has 0 aromatic heterocycles. The molecule has 2 rings (SSSR count). The maximum atomic E-state index is 12.3. The lowest BCUT2D eigenvalue weighted by atomic mass is 10.1. The van der Waals surface area contributed by atoms with Gasteiger partial charge in [0.05, 0.1) is 0 Å². The van der Waals surface area contributed by atoms with Gasteiger partial charge >= 0.3 is 0 Å². The molecule has 0 saturated heterocycles. The van der Waals surface area contributed by atoms with E-state index in [1.807, 2.05) is 41.5 Å². The maximum absolute atomic E-state index is 12.3. The van der Waals surface area contributed by atoms with Crippen LogP contribution in [0.2, 0.25) is 0 Å². The number of benzene rings is 2. The lowest BCUT2D eigenvalue weighted by molar-refractivity contribution is -0.107. The van der Waals surface area contributed by atoms with E-state index < -0.39 is 0 Å². The molecule has 168 valence electrons. The second-order valence-electron chi connectivity index (χ2n) is 5.38. The number of carbonyl (C=O) groups is 1. The number of halogens is 1. The van der Waals surface area contributed by atoms with Gasteiger partial charge in [0, 0.05) is 6.42 Å². The molecular formula is C27H47FO. The Morgan fingerprint density at radius 1 is 0.724 bits per heavy atom. The number of aldehydes is 1. The van der Waals surface area contributed by atoms with Gasteiger partial charge in [0.2, 0.25) is 0 Å². The molecule has 0 spiro atoms. The van der Waals surface area contributed by atoms with Gasteiger partial charge in [-0.3, -0.25) is 0 Å². The summed E-state index contributed by atoms with van der Waals surface area (Å²) in [5, 5.41) is 0. The van der Waals surface area contributed by atoms with E-state index in [-0.39, 0.29) is 5.82 Å². The van der Waals surface area contributed by atoms with E-state index in [1.165, 1.54) is 29.7 Å². The SMILES string of the molecule is CC.CC.CC.CCC.CCc1ccc(C)cc1.O=CCCc1ccc(F)cc1. The first-order chi connectivity index (χ1) is 14.1. The van der Waals surface area contributed by atoms with Crippen LogP contribution in [0.15, 0.2) is 48.5 Å². The van der Waals surface area contributed by atoms with Gasteiger partial charge in [-0.05, 0) is 43.0 Å². The average Bonchev–Trinajstić information content (AvgIpc) is 2.79. The summed E-state index contributed by atoms with van der Waals surface area (Å²) < 4.78 is 12.3. The minimum absolute atomic E-state index is 0.236. The van der Waals surface area contributed by atoms with E-state index in [0.717, 1.165) is 18.3 Å². The fourth-order valence-corrected chi connectivity index (χ4v) is 1.70. The van der Waals surface area contributed by atoms with Crippen LogP contribution < -0.4 is 0 Å². The zero-order valence-corrected chi connectivity index (χ0v) is 20.8. The lowest BCUT2D eigenvalue weighted by Crippen LogP contribution is -1.85. The van der Waals surface area contributed by atoms with Crippen molar-refractivity contribution in [2.45, 2.75) is 94.9 Å². The summed E-state index contributed by atoms with van der Waals surface area (Å²) in [7, 11) is 0. The molecule has 2 aromatic carbocycles. The Labute approximate surface area is 181 Å². The van der Waals surface area contributed by atoms with Crippen LogP contribution in [-0.2, 0) is 17.6 Å². The summed E-state index contributed by atoms with van der Waals surface area (Å²) in [5.74, 6) is -0.236. The topological polar surface area (TPSA) is 17.1 Å². The second-order valence-corrected chi connectivity index (χ2v) is 5.38. The number of rotatable bonds is 4. The predicted molar refractivity (Wildman–Crippen MR) is 131 cm³/mol. The van der Waals surface area contributed by atoms with Crippen molar-refractivity contribution in [2.75, 3.05) is 0 Å². The zero-order valence-electron chi connectivity index (χ0n) is 20.8. The van der Waals surface area contributed by atoms with Gasteiger partial charge < -0.3 is 4.79 Å². The van der Waals surface area contributed by atoms with Crippen molar-refractivity contribution in [2.24, 2.45) is 0 Å². The first-order valence-corrected chi connectivity index (χ1v) is 11.3. The first-order valence-electron chi connectivity index (χ1n) is 11.3. The summed E-state index contributed by atoms with van der Waals surface area (Å²) in [6.07, 6.45) is 4.46. The largest absolute Gasteiger partial charge is 0.303 e. The zero-order chi connectivity index (χ0) is 23.5. The van der Waals surface area contributed by atoms with Crippen LogP contribution >= 0.6 is 0 Å². The van der Waals surface area contributed by atoms with Crippen LogP contribution in [0.1, 0.15) is 91.8 Å². The molecule has 0 aliphatic rings. The van der Waals surface area contributed by atoms with Gasteiger partial charge in [-0.25, -0.2) is 4.39 Å². The van der Waals surface area contributed by atoms with Crippen LogP contribution in [0.25, 0.3) is 0 Å². The number of hydrogen-bond acceptors (Lipinski definition) is 1. The second kappa shape index (κ2) is 30.8. The van der Waals surface area contributed by atoms with Gasteiger partial charge in [0.25, 0.3) is 0 Å². The summed E-state index contributed by atoms with van der Waals surface area (Å²) in [6.45, 7) is 20.5. The van der Waals surface area contributed by atoms with Crippen LogP contribution in [-0.4, -0.2) is 6.29 Å². The van der Waals surface area contributed by atoms with E-state index in [1.54, 1.807) is 12.1 Å². The van der Waals surface area contributed by atoms with E-state index in [0.29, 0.717) is 12.8 Å². The van der Waals surface area contributed by atoms with Gasteiger partial charge in [0.1, 0.15) is 12.1 Å². The molecule has 0 radical (unpaired) electrons. The smallest absolute Gasteiger partial charge is 0.123 e. The van der Waals surface area contributed by atoms with Gasteiger partial charge in [-0.15, -0.1) is 0 Å². The minimum Gasteiger partial charge on any atom is -0.303 e. The van der Waals surface area contributed by atoms with Crippen LogP contribution in [0.3, 0.4) is 0 Å². The summed E-state index contributed by atoms with van der Waals surface area (Å²) >= 11 is 0. The van der Waals surface area contributed by atoms with Crippen molar-refractivity contribution in [1.29, 1.82) is 0 Å². The molecule has 0 N–H and O–H groups in total. The van der Waals surface area contributed by atoms with Crippen molar-refractivity contribution >= 4 is 6.29 Å². The highest BCUT2D eigenvalue weighted by Gasteiger charge is 1.92. The fourth-order valence-electron chi connectivity index (χ4n) is 1.70. The molecule has 0 amide bonds. The predicted octanol–water partition coefficient (Wildman–Crippen LogP) is 9.01. The quantitative estimate of drug-likeness (QED) is 0.463. The molecule has 0 heterocycles. The summed E-state index contributed by atoms with van der Waals surface area (Å²) in [5.41, 5.74) is 3.76. The Hall–Kier alpha value is -1.96. The number of aryl methyl sites for hydroxylation is 3. The van der Waals surface area contributed by atoms with Crippen LogP contribution in [0.4, 0.5) is 4.39 Å². The number of carbonyl (C=O) groups excluding carboxylic acids is 1. The highest BCUT2D eigenvalue weighted by Crippen LogP contribution is 2.04. The third-order valence-electron chi connectivity index (χ3n) is 2.99. The third-order valence-corrected chi connectivity index (χ3v) is 2.99. The molecule has 0 aliphatic carbocycles. The maximum Gasteiger partial charge on any atom is 0.123 e. The summed E-state index contributed by atoms with van der Waals surface area (Å²) in [4.78, 5) is 9.97. The standard InChI is InChI=1S/C9H9FO.C9H12.C3H8.3C2H6/c10-9-5-3-8(4-6-9)2-1-7-11;1-3-9-6-4-8(2)5-7-9;1-3-2;3*1-2/h3-7H,1-2H2;4-7H,3H2,1-2H3;3H2,1-2H3;3*1-2H3. The Balaban J connectivity index is -0.000000156. The Morgan fingerprint density at radius 3 is 1.45 bits per heavy atom. The molecule has 0 atom stereocenters. The van der Waals surface area contributed by atoms with E-state index in [2.05, 4.69) is 52.0 Å². The molecule has 0 fully saturated rings. The number of hydrogen-bond donors (Lipinski definition) is 0. The molecule has 29 heavy (non-hydrogen) atoms. The van der Waals surface area contributed by atoms with Crippen molar-refractivity contribution in [3.8, 4) is 0 Å². The third kappa shape index (κ3) is 26.0. The molecular weight excluding hydrogens is 359 g/mol. The highest BCUT2D eigenvalue weighted by molar-refractivity contribution is 5.50. The van der Waals surface area contributed by atoms with Crippen LogP contribution in [0, 0.1) is 12.7 Å².